The van der Waals surface area contributed by atoms with E-state index < -0.39 is 28.5 Å². The number of aryl methyl sites for hydroxylation is 1. The third-order valence-corrected chi connectivity index (χ3v) is 8.64. The van der Waals surface area contributed by atoms with Crippen LogP contribution in [0.5, 0.6) is 0 Å². The van der Waals surface area contributed by atoms with Gasteiger partial charge < -0.3 is 10.2 Å². The fourth-order valence-corrected chi connectivity index (χ4v) is 5.57. The van der Waals surface area contributed by atoms with Gasteiger partial charge in [0.25, 0.3) is 10.0 Å². The number of sulfonamides is 1. The molecular formula is C27H28Cl3N3O4S. The molecule has 0 saturated heterocycles. The molecule has 0 saturated carbocycles. The first-order valence-corrected chi connectivity index (χ1v) is 14.4. The second-order valence-electron chi connectivity index (χ2n) is 8.64. The first-order chi connectivity index (χ1) is 17.9. The standard InChI is InChI=1S/C27H28Cl3N3O4S/c1-4-31-27(35)19(3)32(16-20-7-14-24(29)25(30)15-20)26(34)17-33(22-10-8-21(28)9-11-22)38(36,37)23-12-5-18(2)6-13-23/h5-15,19H,4,16-17H2,1-3H3,(H,31,35)/t19-/m0/s1. The summed E-state index contributed by atoms with van der Waals surface area (Å²) < 4.78 is 28.5. The fraction of sp³-hybridized carbons (Fsp3) is 0.259. The molecule has 0 aliphatic carbocycles. The number of hydrogen-bond acceptors (Lipinski definition) is 4. The van der Waals surface area contributed by atoms with Crippen LogP contribution in [0.3, 0.4) is 0 Å². The van der Waals surface area contributed by atoms with Crippen LogP contribution in [0.2, 0.25) is 15.1 Å². The smallest absolute Gasteiger partial charge is 0.264 e. The molecule has 0 unspecified atom stereocenters. The summed E-state index contributed by atoms with van der Waals surface area (Å²) in [4.78, 5) is 27.9. The monoisotopic (exact) mass is 595 g/mol. The number of halogens is 3. The number of nitrogens with zero attached hydrogens (tertiary/aromatic N) is 2. The summed E-state index contributed by atoms with van der Waals surface area (Å²) >= 11 is 18.2. The van der Waals surface area contributed by atoms with Gasteiger partial charge in [0.15, 0.2) is 0 Å². The summed E-state index contributed by atoms with van der Waals surface area (Å²) in [6.45, 7) is 5.03. The number of carbonyl (C=O) groups excluding carboxylic acids is 2. The third-order valence-electron chi connectivity index (χ3n) is 5.86. The number of carbonyl (C=O) groups is 2. The molecule has 11 heteroatoms. The van der Waals surface area contributed by atoms with Gasteiger partial charge in [-0.3, -0.25) is 13.9 Å². The van der Waals surface area contributed by atoms with E-state index in [9.17, 15) is 18.0 Å². The van der Waals surface area contributed by atoms with Gasteiger partial charge in [0.2, 0.25) is 11.8 Å². The second-order valence-corrected chi connectivity index (χ2v) is 11.8. The molecule has 0 radical (unpaired) electrons. The van der Waals surface area contributed by atoms with Crippen molar-refractivity contribution in [3.05, 3.63) is 92.9 Å². The van der Waals surface area contributed by atoms with E-state index in [0.717, 1.165) is 9.87 Å². The van der Waals surface area contributed by atoms with E-state index in [-0.39, 0.29) is 23.0 Å². The van der Waals surface area contributed by atoms with Crippen molar-refractivity contribution in [3.63, 3.8) is 0 Å². The summed E-state index contributed by atoms with van der Waals surface area (Å²) in [6, 6.07) is 16.5. The molecule has 1 N–H and O–H groups in total. The van der Waals surface area contributed by atoms with Gasteiger partial charge in [0, 0.05) is 18.1 Å². The van der Waals surface area contributed by atoms with E-state index in [0.29, 0.717) is 27.2 Å². The number of likely N-dealkylation sites (N-methyl/N-ethyl adjacent to an activating group) is 1. The minimum absolute atomic E-state index is 0.00700. The molecule has 0 aromatic heterocycles. The zero-order valence-electron chi connectivity index (χ0n) is 21.1. The molecule has 0 aliphatic heterocycles. The van der Waals surface area contributed by atoms with Crippen molar-refractivity contribution in [3.8, 4) is 0 Å². The first kappa shape index (κ1) is 29.8. The summed E-state index contributed by atoms with van der Waals surface area (Å²) in [6.07, 6.45) is 0. The Labute approximate surface area is 238 Å². The van der Waals surface area contributed by atoms with E-state index in [2.05, 4.69) is 5.32 Å². The molecular weight excluding hydrogens is 569 g/mol. The molecule has 0 spiro atoms. The lowest BCUT2D eigenvalue weighted by Crippen LogP contribution is -2.51. The highest BCUT2D eigenvalue weighted by Gasteiger charge is 2.32. The van der Waals surface area contributed by atoms with Crippen LogP contribution in [0.4, 0.5) is 5.69 Å². The summed E-state index contributed by atoms with van der Waals surface area (Å²) in [5.41, 5.74) is 1.77. The van der Waals surface area contributed by atoms with Gasteiger partial charge >= 0.3 is 0 Å². The van der Waals surface area contributed by atoms with Crippen molar-refractivity contribution in [2.24, 2.45) is 0 Å². The van der Waals surface area contributed by atoms with Crippen molar-refractivity contribution in [1.29, 1.82) is 0 Å². The number of rotatable bonds is 10. The Hall–Kier alpha value is -2.78. The molecule has 3 aromatic rings. The molecule has 0 fully saturated rings. The van der Waals surface area contributed by atoms with E-state index in [1.807, 2.05) is 6.92 Å². The first-order valence-electron chi connectivity index (χ1n) is 11.8. The Morgan fingerprint density at radius 1 is 0.921 bits per heavy atom. The Balaban J connectivity index is 2.03. The lowest BCUT2D eigenvalue weighted by Gasteiger charge is -2.32. The lowest BCUT2D eigenvalue weighted by atomic mass is 10.1. The molecule has 1 atom stereocenters. The normalized spacial score (nSPS) is 12.1. The van der Waals surface area contributed by atoms with Crippen LogP contribution in [-0.4, -0.2) is 44.3 Å². The topological polar surface area (TPSA) is 86.8 Å². The maximum atomic E-state index is 13.8. The highest BCUT2D eigenvalue weighted by Crippen LogP contribution is 2.27. The van der Waals surface area contributed by atoms with Crippen LogP contribution in [0.15, 0.2) is 71.6 Å². The minimum atomic E-state index is -4.15. The highest BCUT2D eigenvalue weighted by molar-refractivity contribution is 7.92. The van der Waals surface area contributed by atoms with Gasteiger partial charge in [-0.05, 0) is 74.9 Å². The van der Waals surface area contributed by atoms with Gasteiger partial charge in [-0.25, -0.2) is 8.42 Å². The van der Waals surface area contributed by atoms with E-state index in [4.69, 9.17) is 34.8 Å². The van der Waals surface area contributed by atoms with E-state index >= 15 is 0 Å². The maximum absolute atomic E-state index is 13.8. The van der Waals surface area contributed by atoms with Crippen molar-refractivity contribution in [2.75, 3.05) is 17.4 Å². The Kier molecular flexibility index (Phi) is 10.1. The van der Waals surface area contributed by atoms with Crippen molar-refractivity contribution in [1.82, 2.24) is 10.2 Å². The third kappa shape index (κ3) is 7.20. The van der Waals surface area contributed by atoms with Gasteiger partial charge in [-0.15, -0.1) is 0 Å². The van der Waals surface area contributed by atoms with Crippen LogP contribution in [0, 0.1) is 6.92 Å². The van der Waals surface area contributed by atoms with E-state index in [1.165, 1.54) is 29.2 Å². The lowest BCUT2D eigenvalue weighted by molar-refractivity contribution is -0.139. The Morgan fingerprint density at radius 2 is 1.55 bits per heavy atom. The average Bonchev–Trinajstić information content (AvgIpc) is 2.88. The number of nitrogens with one attached hydrogen (secondary N) is 1. The molecule has 0 bridgehead atoms. The molecule has 3 rings (SSSR count). The van der Waals surface area contributed by atoms with Gasteiger partial charge in [-0.1, -0.05) is 58.6 Å². The molecule has 0 aliphatic rings. The maximum Gasteiger partial charge on any atom is 0.264 e. The summed E-state index contributed by atoms with van der Waals surface area (Å²) in [5.74, 6) is -0.958. The van der Waals surface area contributed by atoms with Gasteiger partial charge in [-0.2, -0.15) is 0 Å². The number of hydrogen-bond donors (Lipinski definition) is 1. The number of amides is 2. The highest BCUT2D eigenvalue weighted by atomic mass is 35.5. The molecule has 3 aromatic carbocycles. The van der Waals surface area contributed by atoms with Crippen LogP contribution in [-0.2, 0) is 26.2 Å². The molecule has 7 nitrogen and oxygen atoms in total. The van der Waals surface area contributed by atoms with Crippen LogP contribution in [0.1, 0.15) is 25.0 Å². The van der Waals surface area contributed by atoms with Crippen LogP contribution >= 0.6 is 34.8 Å². The van der Waals surface area contributed by atoms with Crippen molar-refractivity contribution in [2.45, 2.75) is 38.3 Å². The Bertz CT molecular complexity index is 1400. The average molecular weight is 597 g/mol. The Morgan fingerprint density at radius 3 is 2.13 bits per heavy atom. The summed E-state index contributed by atoms with van der Waals surface area (Å²) in [5, 5.41) is 3.78. The predicted molar refractivity (Wildman–Crippen MR) is 152 cm³/mol. The molecule has 202 valence electrons. The van der Waals surface area contributed by atoms with Crippen molar-refractivity contribution >= 4 is 62.3 Å². The van der Waals surface area contributed by atoms with Crippen molar-refractivity contribution < 1.29 is 18.0 Å². The fourth-order valence-electron chi connectivity index (χ4n) is 3.71. The van der Waals surface area contributed by atoms with Crippen LogP contribution < -0.4 is 9.62 Å². The minimum Gasteiger partial charge on any atom is -0.355 e. The summed E-state index contributed by atoms with van der Waals surface area (Å²) in [7, 11) is -4.15. The molecule has 2 amide bonds. The van der Waals surface area contributed by atoms with Crippen LogP contribution in [0.25, 0.3) is 0 Å². The number of anilines is 1. The van der Waals surface area contributed by atoms with Gasteiger partial charge in [0.1, 0.15) is 12.6 Å². The number of benzene rings is 3. The largest absolute Gasteiger partial charge is 0.355 e. The molecule has 0 heterocycles. The molecule has 38 heavy (non-hydrogen) atoms. The quantitative estimate of drug-likeness (QED) is 0.325. The zero-order valence-corrected chi connectivity index (χ0v) is 24.2. The predicted octanol–water partition coefficient (Wildman–Crippen LogP) is 5.70. The zero-order chi connectivity index (χ0) is 28.0. The van der Waals surface area contributed by atoms with Gasteiger partial charge in [0.05, 0.1) is 20.6 Å². The second kappa shape index (κ2) is 12.8. The SMILES string of the molecule is CCNC(=O)[C@H](C)N(Cc1ccc(Cl)c(Cl)c1)C(=O)CN(c1ccc(Cl)cc1)S(=O)(=O)c1ccc(C)cc1. The van der Waals surface area contributed by atoms with E-state index in [1.54, 1.807) is 56.3 Å².